The van der Waals surface area contributed by atoms with Crippen molar-refractivity contribution in [2.24, 2.45) is 0 Å². The van der Waals surface area contributed by atoms with Crippen LogP contribution >= 0.6 is 0 Å². The maximum Gasteiger partial charge on any atom is 0.282 e. The summed E-state index contributed by atoms with van der Waals surface area (Å²) in [6.07, 6.45) is 0. The van der Waals surface area contributed by atoms with Crippen LogP contribution in [0, 0.1) is 0 Å². The lowest BCUT2D eigenvalue weighted by atomic mass is 10.1. The van der Waals surface area contributed by atoms with Crippen molar-refractivity contribution in [3.63, 3.8) is 0 Å². The number of nitrogens with zero attached hydrogens (tertiary/aromatic N) is 2. The SMILES string of the molecule is CC1NCCN(S(=O)(=O)N(C)C(C)C)C1C. The molecule has 1 aliphatic rings. The zero-order valence-electron chi connectivity index (χ0n) is 10.8. The molecule has 0 aromatic heterocycles. The molecule has 2 atom stereocenters. The fourth-order valence-electron chi connectivity index (χ4n) is 1.78. The Balaban J connectivity index is 2.90. The summed E-state index contributed by atoms with van der Waals surface area (Å²) < 4.78 is 27.6. The third-order valence-corrected chi connectivity index (χ3v) is 5.62. The normalized spacial score (nSPS) is 28.9. The summed E-state index contributed by atoms with van der Waals surface area (Å²) in [6, 6.07) is 0.187. The minimum Gasteiger partial charge on any atom is -0.311 e. The molecule has 0 spiro atoms. The van der Waals surface area contributed by atoms with Gasteiger partial charge in [0, 0.05) is 38.3 Å². The number of hydrogen-bond acceptors (Lipinski definition) is 3. The summed E-state index contributed by atoms with van der Waals surface area (Å²) in [5.41, 5.74) is 0. The van der Waals surface area contributed by atoms with Gasteiger partial charge in [-0.3, -0.25) is 0 Å². The molecule has 0 aromatic rings. The third-order valence-electron chi connectivity index (χ3n) is 3.36. The molecule has 96 valence electrons. The largest absolute Gasteiger partial charge is 0.311 e. The Bertz CT molecular complexity index is 329. The first-order valence-electron chi connectivity index (χ1n) is 5.76. The average molecular weight is 249 g/mol. The van der Waals surface area contributed by atoms with Crippen LogP contribution in [0.1, 0.15) is 27.7 Å². The molecule has 0 aromatic carbocycles. The maximum absolute atomic E-state index is 12.3. The standard InChI is InChI=1S/C10H23N3O2S/c1-8(2)12(5)16(14,15)13-7-6-11-9(3)10(13)4/h8-11H,6-7H2,1-5H3. The lowest BCUT2D eigenvalue weighted by molar-refractivity contribution is 0.215. The molecule has 1 heterocycles. The summed E-state index contributed by atoms with van der Waals surface area (Å²) in [4.78, 5) is 0. The van der Waals surface area contributed by atoms with Crippen LogP contribution in [0.3, 0.4) is 0 Å². The van der Waals surface area contributed by atoms with E-state index in [2.05, 4.69) is 5.32 Å². The summed E-state index contributed by atoms with van der Waals surface area (Å²) in [5.74, 6) is 0. The molecular weight excluding hydrogens is 226 g/mol. The maximum atomic E-state index is 12.3. The fourth-order valence-corrected chi connectivity index (χ4v) is 3.57. The van der Waals surface area contributed by atoms with Crippen LogP contribution in [0.15, 0.2) is 0 Å². The first-order valence-corrected chi connectivity index (χ1v) is 7.16. The van der Waals surface area contributed by atoms with Gasteiger partial charge in [0.25, 0.3) is 10.2 Å². The van der Waals surface area contributed by atoms with Crippen molar-refractivity contribution in [1.82, 2.24) is 13.9 Å². The van der Waals surface area contributed by atoms with Crippen molar-refractivity contribution in [2.75, 3.05) is 20.1 Å². The molecule has 1 aliphatic heterocycles. The summed E-state index contributed by atoms with van der Waals surface area (Å²) in [7, 11) is -1.68. The van der Waals surface area contributed by atoms with Gasteiger partial charge in [0.15, 0.2) is 0 Å². The molecule has 1 N–H and O–H groups in total. The molecule has 0 radical (unpaired) electrons. The molecule has 6 heteroatoms. The highest BCUT2D eigenvalue weighted by atomic mass is 32.2. The molecule has 1 rings (SSSR count). The molecule has 5 nitrogen and oxygen atoms in total. The molecule has 0 aliphatic carbocycles. The van der Waals surface area contributed by atoms with E-state index in [1.807, 2.05) is 27.7 Å². The smallest absolute Gasteiger partial charge is 0.282 e. The van der Waals surface area contributed by atoms with Crippen molar-refractivity contribution in [2.45, 2.75) is 45.8 Å². The lowest BCUT2D eigenvalue weighted by Gasteiger charge is -2.40. The van der Waals surface area contributed by atoms with Gasteiger partial charge in [-0.05, 0) is 27.7 Å². The number of rotatable bonds is 3. The minimum absolute atomic E-state index is 0.0000463. The topological polar surface area (TPSA) is 52.7 Å². The average Bonchev–Trinajstić information content (AvgIpc) is 2.20. The van der Waals surface area contributed by atoms with E-state index in [0.717, 1.165) is 6.54 Å². The van der Waals surface area contributed by atoms with Crippen LogP contribution in [0.4, 0.5) is 0 Å². The van der Waals surface area contributed by atoms with E-state index in [1.165, 1.54) is 4.31 Å². The number of piperazine rings is 1. The fraction of sp³-hybridized carbons (Fsp3) is 1.00. The van der Waals surface area contributed by atoms with Gasteiger partial charge >= 0.3 is 0 Å². The Morgan fingerprint density at radius 3 is 2.44 bits per heavy atom. The minimum atomic E-state index is -3.32. The Morgan fingerprint density at radius 1 is 1.38 bits per heavy atom. The lowest BCUT2D eigenvalue weighted by Crippen LogP contribution is -2.60. The first kappa shape index (κ1) is 13.9. The third kappa shape index (κ3) is 2.56. The zero-order chi connectivity index (χ0) is 12.5. The van der Waals surface area contributed by atoms with Crippen molar-refractivity contribution in [3.05, 3.63) is 0 Å². The van der Waals surface area contributed by atoms with E-state index in [0.29, 0.717) is 6.54 Å². The van der Waals surface area contributed by atoms with Crippen molar-refractivity contribution in [1.29, 1.82) is 0 Å². The predicted octanol–water partition coefficient (Wildman–Crippen LogP) is 0.254. The van der Waals surface area contributed by atoms with Gasteiger partial charge in [-0.25, -0.2) is 0 Å². The van der Waals surface area contributed by atoms with Gasteiger partial charge in [0.05, 0.1) is 0 Å². The van der Waals surface area contributed by atoms with Gasteiger partial charge in [-0.1, -0.05) is 0 Å². The molecule has 0 bridgehead atoms. The van der Waals surface area contributed by atoms with Crippen molar-refractivity contribution >= 4 is 10.2 Å². The Hall–Kier alpha value is -0.170. The van der Waals surface area contributed by atoms with Gasteiger partial charge < -0.3 is 5.32 Å². The van der Waals surface area contributed by atoms with Crippen LogP contribution in [0.25, 0.3) is 0 Å². The van der Waals surface area contributed by atoms with E-state index < -0.39 is 10.2 Å². The van der Waals surface area contributed by atoms with Crippen molar-refractivity contribution in [3.8, 4) is 0 Å². The summed E-state index contributed by atoms with van der Waals surface area (Å²) >= 11 is 0. The van der Waals surface area contributed by atoms with Gasteiger partial charge in [-0.15, -0.1) is 0 Å². The van der Waals surface area contributed by atoms with Crippen LogP contribution in [-0.4, -0.2) is 55.3 Å². The zero-order valence-corrected chi connectivity index (χ0v) is 11.6. The van der Waals surface area contributed by atoms with E-state index >= 15 is 0 Å². The van der Waals surface area contributed by atoms with Gasteiger partial charge in [0.1, 0.15) is 0 Å². The molecular formula is C10H23N3O2S. The van der Waals surface area contributed by atoms with E-state index in [4.69, 9.17) is 0 Å². The number of hydrogen-bond donors (Lipinski definition) is 1. The second-order valence-electron chi connectivity index (χ2n) is 4.71. The van der Waals surface area contributed by atoms with Crippen molar-refractivity contribution < 1.29 is 8.42 Å². The molecule has 1 saturated heterocycles. The summed E-state index contributed by atoms with van der Waals surface area (Å²) in [5, 5.41) is 3.28. The molecule has 2 unspecified atom stereocenters. The Kier molecular flexibility index (Phi) is 4.34. The first-order chi connectivity index (χ1) is 7.28. The Labute approximate surface area is 99.0 Å². The van der Waals surface area contributed by atoms with Crippen LogP contribution in [0.2, 0.25) is 0 Å². The monoisotopic (exact) mass is 249 g/mol. The highest BCUT2D eigenvalue weighted by Gasteiger charge is 2.36. The Morgan fingerprint density at radius 2 is 1.94 bits per heavy atom. The highest BCUT2D eigenvalue weighted by Crippen LogP contribution is 2.17. The van der Waals surface area contributed by atoms with Gasteiger partial charge in [0.2, 0.25) is 0 Å². The van der Waals surface area contributed by atoms with Crippen LogP contribution in [-0.2, 0) is 10.2 Å². The highest BCUT2D eigenvalue weighted by molar-refractivity contribution is 7.86. The van der Waals surface area contributed by atoms with E-state index in [9.17, 15) is 8.42 Å². The second-order valence-corrected chi connectivity index (χ2v) is 6.65. The second kappa shape index (κ2) is 5.00. The summed E-state index contributed by atoms with van der Waals surface area (Å²) in [6.45, 7) is 8.99. The molecule has 16 heavy (non-hydrogen) atoms. The van der Waals surface area contributed by atoms with Gasteiger partial charge in [-0.2, -0.15) is 17.0 Å². The van der Waals surface area contributed by atoms with E-state index in [-0.39, 0.29) is 18.1 Å². The predicted molar refractivity (Wildman–Crippen MR) is 65.5 cm³/mol. The van der Waals surface area contributed by atoms with Crippen LogP contribution in [0.5, 0.6) is 0 Å². The molecule has 0 amide bonds. The molecule has 0 saturated carbocycles. The quantitative estimate of drug-likeness (QED) is 0.780. The van der Waals surface area contributed by atoms with Crippen LogP contribution < -0.4 is 5.32 Å². The molecule has 1 fully saturated rings. The number of nitrogens with one attached hydrogen (secondary N) is 1. The van der Waals surface area contributed by atoms with E-state index in [1.54, 1.807) is 11.4 Å².